The van der Waals surface area contributed by atoms with Gasteiger partial charge in [0, 0.05) is 34.2 Å². The lowest BCUT2D eigenvalue weighted by molar-refractivity contribution is -0.125. The van der Waals surface area contributed by atoms with E-state index in [2.05, 4.69) is 34.3 Å². The first-order valence-corrected chi connectivity index (χ1v) is 10.5. The highest BCUT2D eigenvalue weighted by Crippen LogP contribution is 2.33. The molecule has 0 radical (unpaired) electrons. The van der Waals surface area contributed by atoms with Crippen LogP contribution < -0.4 is 10.2 Å². The van der Waals surface area contributed by atoms with Gasteiger partial charge in [0.05, 0.1) is 12.0 Å². The highest BCUT2D eigenvalue weighted by Gasteiger charge is 2.28. The van der Waals surface area contributed by atoms with Crippen molar-refractivity contribution in [3.8, 4) is 0 Å². The zero-order valence-corrected chi connectivity index (χ0v) is 16.9. The number of hydrogen-bond acceptors (Lipinski definition) is 4. The molecule has 0 spiro atoms. The average Bonchev–Trinajstić information content (AvgIpc) is 3.08. The van der Waals surface area contributed by atoms with E-state index < -0.39 is 0 Å². The Hall–Kier alpha value is -2.47. The molecule has 1 amide bonds. The second-order valence-corrected chi connectivity index (χ2v) is 8.76. The molecule has 146 valence electrons. The van der Waals surface area contributed by atoms with E-state index in [4.69, 9.17) is 0 Å². The van der Waals surface area contributed by atoms with Crippen LogP contribution >= 0.6 is 11.3 Å². The Bertz CT molecular complexity index is 985. The summed E-state index contributed by atoms with van der Waals surface area (Å²) in [5.74, 6) is 0.685. The number of rotatable bonds is 4. The van der Waals surface area contributed by atoms with Crippen LogP contribution in [0, 0.1) is 18.7 Å². The third-order valence-electron chi connectivity index (χ3n) is 5.37. The van der Waals surface area contributed by atoms with E-state index in [-0.39, 0.29) is 23.7 Å². The van der Waals surface area contributed by atoms with Crippen molar-refractivity contribution in [2.75, 3.05) is 18.0 Å². The van der Waals surface area contributed by atoms with Crippen molar-refractivity contribution < 1.29 is 9.18 Å². The number of aryl methyl sites for hydroxylation is 1. The predicted octanol–water partition coefficient (Wildman–Crippen LogP) is 4.84. The Balaban J connectivity index is 1.47. The predicted molar refractivity (Wildman–Crippen MR) is 112 cm³/mol. The standard InChI is InChI=1S/C22H24FN3OS/c1-14-12-19-20(28-14)9-10-24-21(19)26-11-3-4-17(13-26)22(27)25-15(2)16-5-7-18(23)8-6-16/h5-10,12,15,17H,3-4,11,13H2,1-2H3,(H,25,27)/t15-,17-/m0/s1. The lowest BCUT2D eigenvalue weighted by Crippen LogP contribution is -2.44. The minimum Gasteiger partial charge on any atom is -0.355 e. The molecule has 1 N–H and O–H groups in total. The van der Waals surface area contributed by atoms with E-state index in [0.717, 1.165) is 30.8 Å². The normalized spacial score (nSPS) is 18.2. The summed E-state index contributed by atoms with van der Waals surface area (Å²) < 4.78 is 14.4. The van der Waals surface area contributed by atoms with Gasteiger partial charge in [0.1, 0.15) is 11.6 Å². The summed E-state index contributed by atoms with van der Waals surface area (Å²) in [6, 6.07) is 10.4. The van der Waals surface area contributed by atoms with Crippen LogP contribution in [-0.4, -0.2) is 24.0 Å². The second-order valence-electron chi connectivity index (χ2n) is 7.47. The molecule has 1 aliphatic heterocycles. The van der Waals surface area contributed by atoms with E-state index in [9.17, 15) is 9.18 Å². The van der Waals surface area contributed by atoms with Crippen molar-refractivity contribution in [1.29, 1.82) is 0 Å². The van der Waals surface area contributed by atoms with E-state index in [1.807, 2.05) is 13.1 Å². The number of amides is 1. The number of thiophene rings is 1. The smallest absolute Gasteiger partial charge is 0.225 e. The van der Waals surface area contributed by atoms with Gasteiger partial charge in [-0.15, -0.1) is 11.3 Å². The van der Waals surface area contributed by atoms with Gasteiger partial charge in [-0.3, -0.25) is 4.79 Å². The summed E-state index contributed by atoms with van der Waals surface area (Å²) in [4.78, 5) is 21.0. The number of fused-ring (bicyclic) bond motifs is 1. The van der Waals surface area contributed by atoms with E-state index in [1.54, 1.807) is 23.5 Å². The quantitative estimate of drug-likeness (QED) is 0.685. The number of aromatic nitrogens is 1. The maximum atomic E-state index is 13.1. The molecule has 1 aliphatic rings. The maximum absolute atomic E-state index is 13.1. The second kappa shape index (κ2) is 7.87. The van der Waals surface area contributed by atoms with Gasteiger partial charge < -0.3 is 10.2 Å². The van der Waals surface area contributed by atoms with Crippen molar-refractivity contribution in [2.45, 2.75) is 32.7 Å². The molecule has 2 aromatic heterocycles. The van der Waals surface area contributed by atoms with Crippen LogP contribution in [0.2, 0.25) is 0 Å². The molecule has 2 atom stereocenters. The topological polar surface area (TPSA) is 45.2 Å². The van der Waals surface area contributed by atoms with Crippen molar-refractivity contribution in [2.24, 2.45) is 5.92 Å². The lowest BCUT2D eigenvalue weighted by Gasteiger charge is -2.33. The van der Waals surface area contributed by atoms with Crippen LogP contribution in [0.1, 0.15) is 36.2 Å². The molecule has 28 heavy (non-hydrogen) atoms. The number of halogens is 1. The summed E-state index contributed by atoms with van der Waals surface area (Å²) in [6.07, 6.45) is 3.69. The van der Waals surface area contributed by atoms with E-state index >= 15 is 0 Å². The third kappa shape index (κ3) is 3.87. The molecule has 1 fully saturated rings. The van der Waals surface area contributed by atoms with Crippen LogP contribution in [0.5, 0.6) is 0 Å². The van der Waals surface area contributed by atoms with Gasteiger partial charge in [-0.05, 0) is 56.5 Å². The number of hydrogen-bond donors (Lipinski definition) is 1. The molecule has 0 aliphatic carbocycles. The molecular weight excluding hydrogens is 373 g/mol. The van der Waals surface area contributed by atoms with Gasteiger partial charge in [0.15, 0.2) is 0 Å². The third-order valence-corrected chi connectivity index (χ3v) is 6.38. The summed E-state index contributed by atoms with van der Waals surface area (Å²) >= 11 is 1.77. The number of benzene rings is 1. The Morgan fingerprint density at radius 2 is 2.11 bits per heavy atom. The lowest BCUT2D eigenvalue weighted by atomic mass is 9.96. The Morgan fingerprint density at radius 3 is 2.89 bits per heavy atom. The summed E-state index contributed by atoms with van der Waals surface area (Å²) in [5.41, 5.74) is 0.905. The van der Waals surface area contributed by atoms with Crippen molar-refractivity contribution in [3.05, 3.63) is 58.9 Å². The monoisotopic (exact) mass is 397 g/mol. The number of carbonyl (C=O) groups excluding carboxylic acids is 1. The molecule has 1 saturated heterocycles. The fourth-order valence-electron chi connectivity index (χ4n) is 3.88. The number of piperidine rings is 1. The molecule has 3 heterocycles. The molecule has 1 aromatic carbocycles. The molecule has 3 aromatic rings. The van der Waals surface area contributed by atoms with E-state index in [0.29, 0.717) is 6.54 Å². The minimum atomic E-state index is -0.268. The zero-order valence-electron chi connectivity index (χ0n) is 16.1. The van der Waals surface area contributed by atoms with E-state index in [1.165, 1.54) is 27.1 Å². The average molecular weight is 398 g/mol. The highest BCUT2D eigenvalue weighted by molar-refractivity contribution is 7.19. The van der Waals surface area contributed by atoms with Crippen molar-refractivity contribution in [1.82, 2.24) is 10.3 Å². The van der Waals surface area contributed by atoms with Crippen LogP contribution in [-0.2, 0) is 4.79 Å². The number of pyridine rings is 1. The van der Waals surface area contributed by atoms with Crippen molar-refractivity contribution >= 4 is 33.1 Å². The van der Waals surface area contributed by atoms with Gasteiger partial charge in [-0.1, -0.05) is 12.1 Å². The fourth-order valence-corrected chi connectivity index (χ4v) is 4.79. The Kier molecular flexibility index (Phi) is 5.31. The first kappa shape index (κ1) is 18.9. The zero-order chi connectivity index (χ0) is 19.7. The summed E-state index contributed by atoms with van der Waals surface area (Å²) in [7, 11) is 0. The Morgan fingerprint density at radius 1 is 1.32 bits per heavy atom. The van der Waals surface area contributed by atoms with Crippen LogP contribution in [0.15, 0.2) is 42.6 Å². The molecular formula is C22H24FN3OS. The molecule has 4 nitrogen and oxygen atoms in total. The SMILES string of the molecule is Cc1cc2c(N3CCC[C@H](C(=O)N[C@@H](C)c4ccc(F)cc4)C3)nccc2s1. The Labute approximate surface area is 168 Å². The summed E-state index contributed by atoms with van der Waals surface area (Å²) in [6.45, 7) is 5.63. The molecule has 0 unspecified atom stereocenters. The van der Waals surface area contributed by atoms with Gasteiger partial charge in [-0.2, -0.15) is 0 Å². The largest absolute Gasteiger partial charge is 0.355 e. The fraction of sp³-hybridized carbons (Fsp3) is 0.364. The number of nitrogens with one attached hydrogen (secondary N) is 1. The highest BCUT2D eigenvalue weighted by atomic mass is 32.1. The molecule has 4 rings (SSSR count). The minimum absolute atomic E-state index is 0.0511. The number of nitrogens with zero attached hydrogens (tertiary/aromatic N) is 2. The van der Waals surface area contributed by atoms with Crippen LogP contribution in [0.3, 0.4) is 0 Å². The van der Waals surface area contributed by atoms with Gasteiger partial charge >= 0.3 is 0 Å². The van der Waals surface area contributed by atoms with Crippen LogP contribution in [0.25, 0.3) is 10.1 Å². The number of anilines is 1. The first-order chi connectivity index (χ1) is 13.5. The molecule has 6 heteroatoms. The van der Waals surface area contributed by atoms with Crippen LogP contribution in [0.4, 0.5) is 10.2 Å². The number of carbonyl (C=O) groups is 1. The molecule has 0 bridgehead atoms. The van der Waals surface area contributed by atoms with Gasteiger partial charge in [0.25, 0.3) is 0 Å². The first-order valence-electron chi connectivity index (χ1n) is 9.67. The maximum Gasteiger partial charge on any atom is 0.225 e. The van der Waals surface area contributed by atoms with Gasteiger partial charge in [-0.25, -0.2) is 9.37 Å². The summed E-state index contributed by atoms with van der Waals surface area (Å²) in [5, 5.41) is 4.26. The van der Waals surface area contributed by atoms with Crippen molar-refractivity contribution in [3.63, 3.8) is 0 Å². The molecule has 0 saturated carbocycles. The van der Waals surface area contributed by atoms with Gasteiger partial charge in [0.2, 0.25) is 5.91 Å².